The van der Waals surface area contributed by atoms with Crippen molar-refractivity contribution in [3.8, 4) is 0 Å². The standard InChI is InChI=1S/C12H15NS/c1-8-5-11-10(13-7-14-11)6-9(8)12(2,3)4/h5-7H,1-4H3. The highest BCUT2D eigenvalue weighted by molar-refractivity contribution is 7.16. The van der Waals surface area contributed by atoms with Crippen LogP contribution in [0.25, 0.3) is 10.2 Å². The predicted octanol–water partition coefficient (Wildman–Crippen LogP) is 3.90. The number of hydrogen-bond acceptors (Lipinski definition) is 2. The van der Waals surface area contributed by atoms with E-state index in [1.807, 2.05) is 5.51 Å². The first-order chi connectivity index (χ1) is 6.48. The minimum atomic E-state index is 0.210. The maximum absolute atomic E-state index is 4.35. The molecule has 0 aliphatic carbocycles. The van der Waals surface area contributed by atoms with Crippen LogP contribution in [0.2, 0.25) is 0 Å². The second kappa shape index (κ2) is 3.06. The Hall–Kier alpha value is -0.890. The van der Waals surface area contributed by atoms with Crippen LogP contribution in [0, 0.1) is 6.92 Å². The van der Waals surface area contributed by atoms with E-state index in [9.17, 15) is 0 Å². The van der Waals surface area contributed by atoms with Gasteiger partial charge >= 0.3 is 0 Å². The maximum Gasteiger partial charge on any atom is 0.0815 e. The summed E-state index contributed by atoms with van der Waals surface area (Å²) in [5.74, 6) is 0. The molecule has 0 amide bonds. The van der Waals surface area contributed by atoms with Crippen LogP contribution in [0.5, 0.6) is 0 Å². The lowest BCUT2D eigenvalue weighted by atomic mass is 9.84. The Morgan fingerprint density at radius 3 is 2.57 bits per heavy atom. The van der Waals surface area contributed by atoms with Crippen molar-refractivity contribution in [1.82, 2.24) is 4.98 Å². The molecular weight excluding hydrogens is 190 g/mol. The van der Waals surface area contributed by atoms with Crippen molar-refractivity contribution >= 4 is 21.6 Å². The predicted molar refractivity (Wildman–Crippen MR) is 63.1 cm³/mol. The lowest BCUT2D eigenvalue weighted by molar-refractivity contribution is 0.587. The topological polar surface area (TPSA) is 12.9 Å². The van der Waals surface area contributed by atoms with Crippen molar-refractivity contribution in [3.05, 3.63) is 28.8 Å². The number of rotatable bonds is 0. The molecule has 0 unspecified atom stereocenters. The highest BCUT2D eigenvalue weighted by Crippen LogP contribution is 2.30. The van der Waals surface area contributed by atoms with Gasteiger partial charge < -0.3 is 0 Å². The van der Waals surface area contributed by atoms with Crippen LogP contribution in [0.4, 0.5) is 0 Å². The van der Waals surface area contributed by atoms with E-state index in [1.54, 1.807) is 11.3 Å². The summed E-state index contributed by atoms with van der Waals surface area (Å²) < 4.78 is 1.29. The molecule has 0 radical (unpaired) electrons. The molecule has 0 fully saturated rings. The van der Waals surface area contributed by atoms with Gasteiger partial charge in [-0.15, -0.1) is 11.3 Å². The third kappa shape index (κ3) is 1.55. The SMILES string of the molecule is Cc1cc2scnc2cc1C(C)(C)C. The van der Waals surface area contributed by atoms with Gasteiger partial charge in [-0.1, -0.05) is 20.8 Å². The maximum atomic E-state index is 4.35. The molecule has 14 heavy (non-hydrogen) atoms. The van der Waals surface area contributed by atoms with Gasteiger partial charge in [0.1, 0.15) is 0 Å². The number of hydrogen-bond donors (Lipinski definition) is 0. The van der Waals surface area contributed by atoms with E-state index in [4.69, 9.17) is 0 Å². The Balaban J connectivity index is 2.71. The highest BCUT2D eigenvalue weighted by Gasteiger charge is 2.17. The van der Waals surface area contributed by atoms with Gasteiger partial charge in [-0.25, -0.2) is 4.98 Å². The Kier molecular flexibility index (Phi) is 2.11. The van der Waals surface area contributed by atoms with Gasteiger partial charge in [0, 0.05) is 0 Å². The first-order valence-corrected chi connectivity index (χ1v) is 5.71. The summed E-state index contributed by atoms with van der Waals surface area (Å²) in [7, 11) is 0. The first-order valence-electron chi connectivity index (χ1n) is 4.83. The molecule has 1 nitrogen and oxygen atoms in total. The molecule has 0 N–H and O–H groups in total. The third-order valence-corrected chi connectivity index (χ3v) is 3.28. The smallest absolute Gasteiger partial charge is 0.0815 e. The molecule has 0 spiro atoms. The van der Waals surface area contributed by atoms with Crippen LogP contribution >= 0.6 is 11.3 Å². The summed E-state index contributed by atoms with van der Waals surface area (Å²) >= 11 is 1.71. The van der Waals surface area contributed by atoms with E-state index in [0.29, 0.717) is 0 Å². The minimum absolute atomic E-state index is 0.210. The first kappa shape index (κ1) is 9.66. The fourth-order valence-corrected chi connectivity index (χ4v) is 2.57. The van der Waals surface area contributed by atoms with Crippen molar-refractivity contribution in [2.75, 3.05) is 0 Å². The zero-order valence-corrected chi connectivity index (χ0v) is 9.90. The fraction of sp³-hybridized carbons (Fsp3) is 0.417. The zero-order chi connectivity index (χ0) is 10.3. The molecule has 0 aliphatic heterocycles. The van der Waals surface area contributed by atoms with E-state index < -0.39 is 0 Å². The van der Waals surface area contributed by atoms with E-state index in [1.165, 1.54) is 15.8 Å². The van der Waals surface area contributed by atoms with Gasteiger partial charge in [-0.2, -0.15) is 0 Å². The number of nitrogens with zero attached hydrogens (tertiary/aromatic N) is 1. The van der Waals surface area contributed by atoms with Gasteiger partial charge in [0.2, 0.25) is 0 Å². The second-order valence-electron chi connectivity index (χ2n) is 4.74. The lowest BCUT2D eigenvalue weighted by Crippen LogP contribution is -2.12. The Labute approximate surface area is 88.8 Å². The second-order valence-corrected chi connectivity index (χ2v) is 5.62. The average Bonchev–Trinajstić information content (AvgIpc) is 2.47. The van der Waals surface area contributed by atoms with E-state index in [2.05, 4.69) is 44.8 Å². The quantitative estimate of drug-likeness (QED) is 0.635. The van der Waals surface area contributed by atoms with Crippen molar-refractivity contribution in [2.24, 2.45) is 0 Å². The summed E-state index contributed by atoms with van der Waals surface area (Å²) in [6, 6.07) is 4.47. The molecule has 1 aromatic heterocycles. The summed E-state index contributed by atoms with van der Waals surface area (Å²) in [5.41, 5.74) is 6.02. The van der Waals surface area contributed by atoms with Gasteiger partial charge in [-0.05, 0) is 35.6 Å². The molecule has 0 bridgehead atoms. The zero-order valence-electron chi connectivity index (χ0n) is 9.09. The van der Waals surface area contributed by atoms with Gasteiger partial charge in [0.05, 0.1) is 15.7 Å². The molecule has 0 saturated heterocycles. The summed E-state index contributed by atoms with van der Waals surface area (Å²) in [5, 5.41) is 0. The Morgan fingerprint density at radius 2 is 1.93 bits per heavy atom. The van der Waals surface area contributed by atoms with Gasteiger partial charge in [-0.3, -0.25) is 0 Å². The highest BCUT2D eigenvalue weighted by atomic mass is 32.1. The largest absolute Gasteiger partial charge is 0.245 e. The fourth-order valence-electron chi connectivity index (χ4n) is 1.81. The molecule has 0 aliphatic rings. The van der Waals surface area contributed by atoms with Crippen LogP contribution in [-0.4, -0.2) is 4.98 Å². The Bertz CT molecular complexity index is 463. The number of fused-ring (bicyclic) bond motifs is 1. The van der Waals surface area contributed by atoms with Crippen LogP contribution in [0.1, 0.15) is 31.9 Å². The molecule has 0 saturated carbocycles. The molecule has 1 aromatic carbocycles. The lowest BCUT2D eigenvalue weighted by Gasteiger charge is -2.21. The van der Waals surface area contributed by atoms with Crippen molar-refractivity contribution in [3.63, 3.8) is 0 Å². The normalized spacial score (nSPS) is 12.3. The molecule has 1 heterocycles. The molecule has 74 valence electrons. The van der Waals surface area contributed by atoms with Crippen molar-refractivity contribution in [1.29, 1.82) is 0 Å². The summed E-state index contributed by atoms with van der Waals surface area (Å²) in [4.78, 5) is 4.35. The van der Waals surface area contributed by atoms with Crippen molar-refractivity contribution in [2.45, 2.75) is 33.1 Å². The van der Waals surface area contributed by atoms with Gasteiger partial charge in [0.15, 0.2) is 0 Å². The molecule has 0 atom stereocenters. The number of thiazole rings is 1. The van der Waals surface area contributed by atoms with E-state index >= 15 is 0 Å². The third-order valence-electron chi connectivity index (χ3n) is 2.49. The molecular formula is C12H15NS. The number of aryl methyl sites for hydroxylation is 1. The Morgan fingerprint density at radius 1 is 1.21 bits per heavy atom. The summed E-state index contributed by atoms with van der Waals surface area (Å²) in [6.07, 6.45) is 0. The monoisotopic (exact) mass is 205 g/mol. The van der Waals surface area contributed by atoms with Crippen LogP contribution in [0.3, 0.4) is 0 Å². The van der Waals surface area contributed by atoms with Gasteiger partial charge in [0.25, 0.3) is 0 Å². The van der Waals surface area contributed by atoms with E-state index in [-0.39, 0.29) is 5.41 Å². The van der Waals surface area contributed by atoms with E-state index in [0.717, 1.165) is 5.52 Å². The minimum Gasteiger partial charge on any atom is -0.245 e. The molecule has 2 heteroatoms. The van der Waals surface area contributed by atoms with Crippen molar-refractivity contribution < 1.29 is 0 Å². The van der Waals surface area contributed by atoms with Crippen LogP contribution in [-0.2, 0) is 5.41 Å². The average molecular weight is 205 g/mol. The molecule has 2 rings (SSSR count). The summed E-state index contributed by atoms with van der Waals surface area (Å²) in [6.45, 7) is 8.91. The molecule has 2 aromatic rings. The number of aromatic nitrogens is 1. The van der Waals surface area contributed by atoms with Crippen LogP contribution < -0.4 is 0 Å². The number of benzene rings is 1. The van der Waals surface area contributed by atoms with Crippen LogP contribution in [0.15, 0.2) is 17.6 Å².